The van der Waals surface area contributed by atoms with Crippen LogP contribution in [-0.2, 0) is 0 Å². The molecule has 0 amide bonds. The van der Waals surface area contributed by atoms with Crippen molar-refractivity contribution in [2.45, 2.75) is 45.6 Å². The molecule has 2 saturated carbocycles. The number of rotatable bonds is 0. The second-order valence-corrected chi connectivity index (χ2v) is 5.22. The highest BCUT2D eigenvalue weighted by Crippen LogP contribution is 2.52. The van der Waals surface area contributed by atoms with Crippen molar-refractivity contribution in [3.63, 3.8) is 0 Å². The van der Waals surface area contributed by atoms with Gasteiger partial charge in [0, 0.05) is 0 Å². The fourth-order valence-corrected chi connectivity index (χ4v) is 3.18. The molecule has 1 nitrogen and oxygen atoms in total. The second kappa shape index (κ2) is 2.22. The third-order valence-corrected chi connectivity index (χ3v) is 3.45. The van der Waals surface area contributed by atoms with E-state index in [1.54, 1.807) is 0 Å². The van der Waals surface area contributed by atoms with E-state index < -0.39 is 0 Å². The molecule has 2 fully saturated rings. The predicted octanol–water partition coefficient (Wildman–Crippen LogP) is 2.19. The summed E-state index contributed by atoms with van der Waals surface area (Å²) in [6, 6.07) is 0. The van der Waals surface area contributed by atoms with Crippen LogP contribution in [-0.4, -0.2) is 11.2 Å². The Morgan fingerprint density at radius 2 is 1.55 bits per heavy atom. The van der Waals surface area contributed by atoms with Crippen molar-refractivity contribution in [2.75, 3.05) is 0 Å². The smallest absolute Gasteiger partial charge is 0.0545 e. The summed E-state index contributed by atoms with van der Waals surface area (Å²) in [6.07, 6.45) is 4.87. The first kappa shape index (κ1) is 7.60. The Morgan fingerprint density at radius 3 is 2.00 bits per heavy atom. The SMILES string of the molecule is CC1(C)CC2CC(O)CC2C1. The molecule has 0 aromatic rings. The van der Waals surface area contributed by atoms with Crippen molar-refractivity contribution < 1.29 is 5.11 Å². The second-order valence-electron chi connectivity index (χ2n) is 5.22. The number of aliphatic hydroxyl groups is 1. The van der Waals surface area contributed by atoms with Gasteiger partial charge in [-0.25, -0.2) is 0 Å². The topological polar surface area (TPSA) is 20.2 Å². The van der Waals surface area contributed by atoms with Gasteiger partial charge < -0.3 is 5.11 Å². The summed E-state index contributed by atoms with van der Waals surface area (Å²) in [5.41, 5.74) is 0.565. The van der Waals surface area contributed by atoms with Gasteiger partial charge in [-0.05, 0) is 42.9 Å². The van der Waals surface area contributed by atoms with Crippen LogP contribution in [0.15, 0.2) is 0 Å². The van der Waals surface area contributed by atoms with Gasteiger partial charge >= 0.3 is 0 Å². The number of fused-ring (bicyclic) bond motifs is 1. The fraction of sp³-hybridized carbons (Fsp3) is 1.00. The minimum absolute atomic E-state index is 0.0288. The van der Waals surface area contributed by atoms with E-state index in [0.717, 1.165) is 24.7 Å². The third kappa shape index (κ3) is 1.31. The van der Waals surface area contributed by atoms with Crippen LogP contribution in [0.1, 0.15) is 39.5 Å². The fourth-order valence-electron chi connectivity index (χ4n) is 3.18. The van der Waals surface area contributed by atoms with Gasteiger partial charge in [-0.1, -0.05) is 13.8 Å². The van der Waals surface area contributed by atoms with E-state index in [0.29, 0.717) is 5.41 Å². The van der Waals surface area contributed by atoms with Crippen LogP contribution in [0.3, 0.4) is 0 Å². The van der Waals surface area contributed by atoms with E-state index in [1.165, 1.54) is 12.8 Å². The molecular formula is C10H18O. The van der Waals surface area contributed by atoms with Crippen molar-refractivity contribution >= 4 is 0 Å². The van der Waals surface area contributed by atoms with Crippen molar-refractivity contribution in [1.82, 2.24) is 0 Å². The predicted molar refractivity (Wildman–Crippen MR) is 45.2 cm³/mol. The van der Waals surface area contributed by atoms with Crippen LogP contribution in [0.5, 0.6) is 0 Å². The van der Waals surface area contributed by atoms with E-state index >= 15 is 0 Å². The molecule has 0 aromatic heterocycles. The molecule has 0 aliphatic heterocycles. The van der Waals surface area contributed by atoms with E-state index in [4.69, 9.17) is 0 Å². The highest BCUT2D eigenvalue weighted by molar-refractivity contribution is 4.95. The van der Waals surface area contributed by atoms with Crippen LogP contribution >= 0.6 is 0 Å². The lowest BCUT2D eigenvalue weighted by Crippen LogP contribution is -2.09. The van der Waals surface area contributed by atoms with Gasteiger partial charge in [-0.15, -0.1) is 0 Å². The molecule has 2 aliphatic rings. The first-order chi connectivity index (χ1) is 5.07. The molecule has 0 radical (unpaired) electrons. The van der Waals surface area contributed by atoms with Crippen molar-refractivity contribution in [3.05, 3.63) is 0 Å². The average molecular weight is 154 g/mol. The standard InChI is InChI=1S/C10H18O/c1-10(2)5-7-3-9(11)4-8(7)6-10/h7-9,11H,3-6H2,1-2H3. The summed E-state index contributed by atoms with van der Waals surface area (Å²) < 4.78 is 0. The lowest BCUT2D eigenvalue weighted by Gasteiger charge is -2.18. The molecule has 0 saturated heterocycles. The summed E-state index contributed by atoms with van der Waals surface area (Å²) in [5.74, 6) is 1.69. The summed E-state index contributed by atoms with van der Waals surface area (Å²) in [6.45, 7) is 4.72. The van der Waals surface area contributed by atoms with Crippen LogP contribution in [0, 0.1) is 17.3 Å². The Morgan fingerprint density at radius 1 is 1.09 bits per heavy atom. The number of aliphatic hydroxyl groups excluding tert-OH is 1. The van der Waals surface area contributed by atoms with E-state index in [1.807, 2.05) is 0 Å². The maximum atomic E-state index is 9.41. The number of hydrogen-bond acceptors (Lipinski definition) is 1. The normalized spacial score (nSPS) is 47.7. The summed E-state index contributed by atoms with van der Waals surface area (Å²) >= 11 is 0. The monoisotopic (exact) mass is 154 g/mol. The van der Waals surface area contributed by atoms with Gasteiger partial charge in [0.15, 0.2) is 0 Å². The van der Waals surface area contributed by atoms with Gasteiger partial charge in [0.25, 0.3) is 0 Å². The van der Waals surface area contributed by atoms with E-state index in [2.05, 4.69) is 13.8 Å². The number of hydrogen-bond donors (Lipinski definition) is 1. The van der Waals surface area contributed by atoms with Crippen molar-refractivity contribution in [1.29, 1.82) is 0 Å². The summed E-state index contributed by atoms with van der Waals surface area (Å²) in [5, 5.41) is 9.41. The molecule has 0 aromatic carbocycles. The largest absolute Gasteiger partial charge is 0.393 e. The molecule has 2 rings (SSSR count). The maximum absolute atomic E-state index is 9.41. The maximum Gasteiger partial charge on any atom is 0.0545 e. The highest BCUT2D eigenvalue weighted by atomic mass is 16.3. The average Bonchev–Trinajstić information content (AvgIpc) is 2.17. The van der Waals surface area contributed by atoms with Gasteiger partial charge in [0.05, 0.1) is 6.10 Å². The zero-order valence-electron chi connectivity index (χ0n) is 7.51. The van der Waals surface area contributed by atoms with Crippen molar-refractivity contribution in [2.24, 2.45) is 17.3 Å². The molecule has 1 N–H and O–H groups in total. The summed E-state index contributed by atoms with van der Waals surface area (Å²) in [4.78, 5) is 0. The first-order valence-electron chi connectivity index (χ1n) is 4.75. The Balaban J connectivity index is 2.04. The summed E-state index contributed by atoms with van der Waals surface area (Å²) in [7, 11) is 0. The molecule has 2 aliphatic carbocycles. The molecule has 0 spiro atoms. The first-order valence-corrected chi connectivity index (χ1v) is 4.75. The molecule has 1 heteroatoms. The minimum Gasteiger partial charge on any atom is -0.393 e. The molecule has 0 bridgehead atoms. The third-order valence-electron chi connectivity index (χ3n) is 3.45. The molecule has 64 valence electrons. The lowest BCUT2D eigenvalue weighted by molar-refractivity contribution is 0.162. The quantitative estimate of drug-likeness (QED) is 0.567. The molecule has 0 heterocycles. The molecule has 2 unspecified atom stereocenters. The van der Waals surface area contributed by atoms with Gasteiger partial charge in [-0.2, -0.15) is 0 Å². The van der Waals surface area contributed by atoms with Crippen LogP contribution in [0.2, 0.25) is 0 Å². The Labute approximate surface area is 68.8 Å². The zero-order chi connectivity index (χ0) is 8.06. The Kier molecular flexibility index (Phi) is 1.54. The van der Waals surface area contributed by atoms with Crippen LogP contribution in [0.25, 0.3) is 0 Å². The van der Waals surface area contributed by atoms with E-state index in [-0.39, 0.29) is 6.10 Å². The Hall–Kier alpha value is -0.0400. The molecular weight excluding hydrogens is 136 g/mol. The minimum atomic E-state index is 0.0288. The van der Waals surface area contributed by atoms with E-state index in [9.17, 15) is 5.11 Å². The lowest BCUT2D eigenvalue weighted by atomic mass is 9.88. The zero-order valence-corrected chi connectivity index (χ0v) is 7.51. The van der Waals surface area contributed by atoms with Gasteiger partial charge in [-0.3, -0.25) is 0 Å². The van der Waals surface area contributed by atoms with Gasteiger partial charge in [0.1, 0.15) is 0 Å². The van der Waals surface area contributed by atoms with Crippen LogP contribution in [0.4, 0.5) is 0 Å². The highest BCUT2D eigenvalue weighted by Gasteiger charge is 2.44. The van der Waals surface area contributed by atoms with Crippen molar-refractivity contribution in [3.8, 4) is 0 Å². The van der Waals surface area contributed by atoms with Crippen LogP contribution < -0.4 is 0 Å². The molecule has 2 atom stereocenters. The molecule has 11 heavy (non-hydrogen) atoms. The Bertz CT molecular complexity index is 146. The van der Waals surface area contributed by atoms with Gasteiger partial charge in [0.2, 0.25) is 0 Å².